The maximum atomic E-state index is 12.9. The second kappa shape index (κ2) is 8.82. The molecule has 152 valence electrons. The maximum absolute atomic E-state index is 12.9. The van der Waals surface area contributed by atoms with Crippen molar-refractivity contribution >= 4 is 17.5 Å². The van der Waals surface area contributed by atoms with Crippen LogP contribution < -0.4 is 15.0 Å². The lowest BCUT2D eigenvalue weighted by Crippen LogP contribution is -2.39. The quantitative estimate of drug-likeness (QED) is 0.681. The highest BCUT2D eigenvalue weighted by Crippen LogP contribution is 2.28. The lowest BCUT2D eigenvalue weighted by atomic mass is 10.1. The summed E-state index contributed by atoms with van der Waals surface area (Å²) in [6.07, 6.45) is 0.199. The Bertz CT molecular complexity index is 1050. The van der Waals surface area contributed by atoms with E-state index in [1.54, 1.807) is 36.1 Å². The molecule has 1 aliphatic heterocycles. The standard InChI is InChI=1S/C25H24N2O3/c1-18(25(29)27-15-14-20-10-5-6-13-23(20)27)30-22-12-7-11-21(16-22)24(28)26-17-19-8-3-2-4-9-19/h2-13,16,18H,14-15,17H2,1H3,(H,26,28). The van der Waals surface area contributed by atoms with Crippen molar-refractivity contribution in [2.75, 3.05) is 11.4 Å². The molecule has 1 unspecified atom stereocenters. The third-order valence-corrected chi connectivity index (χ3v) is 5.21. The van der Waals surface area contributed by atoms with Crippen molar-refractivity contribution in [1.29, 1.82) is 0 Å². The van der Waals surface area contributed by atoms with Crippen LogP contribution in [0.25, 0.3) is 0 Å². The number of fused-ring (bicyclic) bond motifs is 1. The fourth-order valence-corrected chi connectivity index (χ4v) is 3.63. The molecule has 0 saturated heterocycles. The molecule has 0 bridgehead atoms. The van der Waals surface area contributed by atoms with Crippen LogP contribution in [-0.2, 0) is 17.8 Å². The molecule has 1 atom stereocenters. The first-order chi connectivity index (χ1) is 14.6. The number of amides is 2. The summed E-state index contributed by atoms with van der Waals surface area (Å²) in [5.41, 5.74) is 3.65. The molecule has 30 heavy (non-hydrogen) atoms. The summed E-state index contributed by atoms with van der Waals surface area (Å²) in [5, 5.41) is 2.90. The monoisotopic (exact) mass is 400 g/mol. The van der Waals surface area contributed by atoms with Crippen LogP contribution in [0.5, 0.6) is 5.75 Å². The summed E-state index contributed by atoms with van der Waals surface area (Å²) >= 11 is 0. The molecular formula is C25H24N2O3. The molecule has 1 N–H and O–H groups in total. The molecule has 1 heterocycles. The van der Waals surface area contributed by atoms with Crippen LogP contribution in [0.3, 0.4) is 0 Å². The highest BCUT2D eigenvalue weighted by molar-refractivity contribution is 5.98. The van der Waals surface area contributed by atoms with Gasteiger partial charge in [-0.05, 0) is 48.7 Å². The summed E-state index contributed by atoms with van der Waals surface area (Å²) < 4.78 is 5.89. The van der Waals surface area contributed by atoms with E-state index < -0.39 is 6.10 Å². The van der Waals surface area contributed by atoms with Gasteiger partial charge in [0.15, 0.2) is 6.10 Å². The fourth-order valence-electron chi connectivity index (χ4n) is 3.63. The average molecular weight is 400 g/mol. The fraction of sp³-hybridized carbons (Fsp3) is 0.200. The number of para-hydroxylation sites is 1. The Morgan fingerprint density at radius 3 is 2.60 bits per heavy atom. The Hall–Kier alpha value is -3.60. The molecule has 5 heteroatoms. The number of carbonyl (C=O) groups is 2. The van der Waals surface area contributed by atoms with Crippen molar-refractivity contribution in [3.8, 4) is 5.75 Å². The molecule has 0 aromatic heterocycles. The van der Waals surface area contributed by atoms with Crippen molar-refractivity contribution in [2.45, 2.75) is 26.0 Å². The van der Waals surface area contributed by atoms with Crippen LogP contribution in [0.15, 0.2) is 78.9 Å². The van der Waals surface area contributed by atoms with E-state index in [1.165, 1.54) is 5.56 Å². The molecule has 0 spiro atoms. The van der Waals surface area contributed by atoms with Crippen molar-refractivity contribution < 1.29 is 14.3 Å². The van der Waals surface area contributed by atoms with Crippen LogP contribution in [0.1, 0.15) is 28.4 Å². The van der Waals surface area contributed by atoms with Crippen molar-refractivity contribution in [2.24, 2.45) is 0 Å². The molecule has 0 saturated carbocycles. The second-order valence-corrected chi connectivity index (χ2v) is 7.32. The van der Waals surface area contributed by atoms with E-state index >= 15 is 0 Å². The highest BCUT2D eigenvalue weighted by atomic mass is 16.5. The van der Waals surface area contributed by atoms with Crippen molar-refractivity contribution in [1.82, 2.24) is 5.32 Å². The van der Waals surface area contributed by atoms with Crippen molar-refractivity contribution in [3.05, 3.63) is 95.6 Å². The first kappa shape index (κ1) is 19.7. The minimum absolute atomic E-state index is 0.0844. The molecule has 2 amide bonds. The molecular weight excluding hydrogens is 376 g/mol. The highest BCUT2D eigenvalue weighted by Gasteiger charge is 2.28. The van der Waals surface area contributed by atoms with Crippen LogP contribution in [-0.4, -0.2) is 24.5 Å². The lowest BCUT2D eigenvalue weighted by molar-refractivity contribution is -0.124. The Morgan fingerprint density at radius 1 is 1.00 bits per heavy atom. The molecule has 1 aliphatic rings. The summed E-state index contributed by atoms with van der Waals surface area (Å²) in [5.74, 6) is 0.228. The van der Waals surface area contributed by atoms with Gasteiger partial charge in [-0.25, -0.2) is 0 Å². The SMILES string of the molecule is CC(Oc1cccc(C(=O)NCc2ccccc2)c1)C(=O)N1CCc2ccccc21. The predicted molar refractivity (Wildman–Crippen MR) is 117 cm³/mol. The Balaban J connectivity index is 1.39. The minimum Gasteiger partial charge on any atom is -0.481 e. The summed E-state index contributed by atoms with van der Waals surface area (Å²) in [7, 11) is 0. The normalized spacial score (nSPS) is 13.4. The van der Waals surface area contributed by atoms with Gasteiger partial charge in [0.1, 0.15) is 5.75 Å². The zero-order valence-electron chi connectivity index (χ0n) is 16.9. The number of ether oxygens (including phenoxy) is 1. The molecule has 3 aromatic carbocycles. The smallest absolute Gasteiger partial charge is 0.267 e. The average Bonchev–Trinajstić information content (AvgIpc) is 3.22. The number of benzene rings is 3. The zero-order chi connectivity index (χ0) is 20.9. The molecule has 4 rings (SSSR count). The summed E-state index contributed by atoms with van der Waals surface area (Å²) in [6.45, 7) is 2.85. The van der Waals surface area contributed by atoms with E-state index in [-0.39, 0.29) is 11.8 Å². The lowest BCUT2D eigenvalue weighted by Gasteiger charge is -2.22. The summed E-state index contributed by atoms with van der Waals surface area (Å²) in [6, 6.07) is 24.6. The van der Waals surface area contributed by atoms with Gasteiger partial charge in [-0.15, -0.1) is 0 Å². The summed E-state index contributed by atoms with van der Waals surface area (Å²) in [4.78, 5) is 27.2. The van der Waals surface area contributed by atoms with E-state index in [2.05, 4.69) is 5.32 Å². The van der Waals surface area contributed by atoms with E-state index in [4.69, 9.17) is 4.74 Å². The molecule has 0 radical (unpaired) electrons. The molecule has 0 fully saturated rings. The number of nitrogens with one attached hydrogen (secondary N) is 1. The predicted octanol–water partition coefficient (Wildman–Crippen LogP) is 3.97. The van der Waals surface area contributed by atoms with Crippen LogP contribution in [0.4, 0.5) is 5.69 Å². The number of nitrogens with zero attached hydrogens (tertiary/aromatic N) is 1. The van der Waals surface area contributed by atoms with E-state index in [0.717, 1.165) is 17.7 Å². The van der Waals surface area contributed by atoms with E-state index in [1.807, 2.05) is 54.6 Å². The molecule has 3 aromatic rings. The first-order valence-corrected chi connectivity index (χ1v) is 10.1. The van der Waals surface area contributed by atoms with Gasteiger partial charge in [-0.2, -0.15) is 0 Å². The Labute approximate surface area is 176 Å². The van der Waals surface area contributed by atoms with Gasteiger partial charge in [0.25, 0.3) is 11.8 Å². The Morgan fingerprint density at radius 2 is 1.77 bits per heavy atom. The van der Waals surface area contributed by atoms with Gasteiger partial charge in [-0.3, -0.25) is 9.59 Å². The van der Waals surface area contributed by atoms with Gasteiger partial charge in [0, 0.05) is 24.3 Å². The van der Waals surface area contributed by atoms with Gasteiger partial charge in [-0.1, -0.05) is 54.6 Å². The van der Waals surface area contributed by atoms with Gasteiger partial charge in [0.2, 0.25) is 0 Å². The first-order valence-electron chi connectivity index (χ1n) is 10.1. The second-order valence-electron chi connectivity index (χ2n) is 7.32. The third kappa shape index (κ3) is 4.35. The van der Waals surface area contributed by atoms with Crippen LogP contribution >= 0.6 is 0 Å². The largest absolute Gasteiger partial charge is 0.481 e. The number of rotatable bonds is 6. The van der Waals surface area contributed by atoms with Gasteiger partial charge in [0.05, 0.1) is 0 Å². The van der Waals surface area contributed by atoms with E-state index in [9.17, 15) is 9.59 Å². The number of carbonyl (C=O) groups excluding carboxylic acids is 2. The number of anilines is 1. The van der Waals surface area contributed by atoms with Gasteiger partial charge >= 0.3 is 0 Å². The maximum Gasteiger partial charge on any atom is 0.267 e. The van der Waals surface area contributed by atoms with Crippen LogP contribution in [0.2, 0.25) is 0 Å². The van der Waals surface area contributed by atoms with E-state index in [0.29, 0.717) is 24.4 Å². The third-order valence-electron chi connectivity index (χ3n) is 5.21. The van der Waals surface area contributed by atoms with Crippen molar-refractivity contribution in [3.63, 3.8) is 0 Å². The van der Waals surface area contributed by atoms with Gasteiger partial charge < -0.3 is 15.0 Å². The topological polar surface area (TPSA) is 58.6 Å². The number of hydrogen-bond donors (Lipinski definition) is 1. The molecule has 5 nitrogen and oxygen atoms in total. The Kier molecular flexibility index (Phi) is 5.80. The molecule has 0 aliphatic carbocycles. The number of hydrogen-bond acceptors (Lipinski definition) is 3. The zero-order valence-corrected chi connectivity index (χ0v) is 16.9. The van der Waals surface area contributed by atoms with Crippen LogP contribution in [0, 0.1) is 0 Å². The minimum atomic E-state index is -0.654.